The first-order chi connectivity index (χ1) is 14.1. The van der Waals surface area contributed by atoms with Gasteiger partial charge < -0.3 is 10.2 Å². The summed E-state index contributed by atoms with van der Waals surface area (Å²) in [5.41, 5.74) is 3.90. The highest BCUT2D eigenvalue weighted by atomic mass is 16.3. The summed E-state index contributed by atoms with van der Waals surface area (Å²) in [7, 11) is 0. The number of allylic oxidation sites excluding steroid dienone is 3. The molecule has 2 N–H and O–H groups in total. The van der Waals surface area contributed by atoms with Crippen LogP contribution in [-0.4, -0.2) is 22.4 Å². The summed E-state index contributed by atoms with van der Waals surface area (Å²) in [5.74, 6) is 3.62. The van der Waals surface area contributed by atoms with E-state index < -0.39 is 0 Å². The maximum absolute atomic E-state index is 10.8. The van der Waals surface area contributed by atoms with Crippen LogP contribution in [0.5, 0.6) is 0 Å². The van der Waals surface area contributed by atoms with E-state index in [1.165, 1.54) is 31.3 Å². The predicted octanol–water partition coefficient (Wildman–Crippen LogP) is 6.53. The van der Waals surface area contributed by atoms with Crippen LogP contribution >= 0.6 is 0 Å². The van der Waals surface area contributed by atoms with Crippen molar-refractivity contribution in [1.82, 2.24) is 0 Å². The Morgan fingerprint density at radius 2 is 1.70 bits per heavy atom. The lowest BCUT2D eigenvalue weighted by Crippen LogP contribution is -2.46. The van der Waals surface area contributed by atoms with Crippen molar-refractivity contribution in [2.24, 2.45) is 46.3 Å². The van der Waals surface area contributed by atoms with Gasteiger partial charge in [-0.05, 0) is 97.7 Å². The summed E-state index contributed by atoms with van der Waals surface area (Å²) < 4.78 is 0. The standard InChI is InChI=1S/C28H46O2/c1-17(2)19(4)26(30)15-18(3)23-9-10-24-22-8-7-20-16-21(29)11-13-27(20,5)25(22)12-14-28(23,24)6/h7-8,17-19,21,23-26,29-30H,9-16H2,1-6H3/t18?,19?,21-,23+,24-,25-,26?,27-,28+/m0/s1. The summed E-state index contributed by atoms with van der Waals surface area (Å²) in [4.78, 5) is 0. The monoisotopic (exact) mass is 414 g/mol. The zero-order valence-electron chi connectivity index (χ0n) is 20.3. The molecule has 0 heterocycles. The Kier molecular flexibility index (Phi) is 6.08. The van der Waals surface area contributed by atoms with Gasteiger partial charge in [-0.1, -0.05) is 64.8 Å². The number of aliphatic hydroxyl groups excluding tert-OH is 2. The quantitative estimate of drug-likeness (QED) is 0.537. The lowest BCUT2D eigenvalue weighted by Gasteiger charge is -2.55. The van der Waals surface area contributed by atoms with E-state index in [1.807, 2.05) is 0 Å². The molecule has 4 rings (SSSR count). The van der Waals surface area contributed by atoms with Gasteiger partial charge in [0, 0.05) is 0 Å². The molecule has 30 heavy (non-hydrogen) atoms. The zero-order chi connectivity index (χ0) is 21.8. The van der Waals surface area contributed by atoms with E-state index in [9.17, 15) is 10.2 Å². The van der Waals surface area contributed by atoms with Crippen LogP contribution in [0.1, 0.15) is 92.9 Å². The van der Waals surface area contributed by atoms with Crippen LogP contribution in [0.25, 0.3) is 0 Å². The molecule has 0 aromatic carbocycles. The van der Waals surface area contributed by atoms with E-state index in [0.29, 0.717) is 35.0 Å². The van der Waals surface area contributed by atoms with Gasteiger partial charge in [-0.3, -0.25) is 0 Å². The molecule has 9 atom stereocenters. The Bertz CT molecular complexity index is 705. The lowest BCUT2D eigenvalue weighted by molar-refractivity contribution is 0.0133. The van der Waals surface area contributed by atoms with Gasteiger partial charge >= 0.3 is 0 Å². The van der Waals surface area contributed by atoms with E-state index in [2.05, 4.69) is 53.7 Å². The van der Waals surface area contributed by atoms with Gasteiger partial charge in [0.1, 0.15) is 0 Å². The van der Waals surface area contributed by atoms with Gasteiger partial charge in [-0.15, -0.1) is 0 Å². The Labute approximate surface area is 185 Å². The third kappa shape index (κ3) is 3.54. The van der Waals surface area contributed by atoms with Crippen molar-refractivity contribution in [1.29, 1.82) is 0 Å². The predicted molar refractivity (Wildman–Crippen MR) is 125 cm³/mol. The van der Waals surface area contributed by atoms with Gasteiger partial charge in [-0.2, -0.15) is 0 Å². The van der Waals surface area contributed by atoms with Crippen LogP contribution in [0.2, 0.25) is 0 Å². The number of aliphatic hydroxyl groups is 2. The van der Waals surface area contributed by atoms with Crippen molar-refractivity contribution in [3.05, 3.63) is 23.3 Å². The molecule has 2 nitrogen and oxygen atoms in total. The maximum Gasteiger partial charge on any atom is 0.0578 e. The van der Waals surface area contributed by atoms with Crippen LogP contribution in [0.4, 0.5) is 0 Å². The number of fused-ring (bicyclic) bond motifs is 5. The van der Waals surface area contributed by atoms with Gasteiger partial charge in [0.15, 0.2) is 0 Å². The first-order valence-electron chi connectivity index (χ1n) is 12.8. The number of rotatable bonds is 5. The summed E-state index contributed by atoms with van der Waals surface area (Å²) >= 11 is 0. The molecule has 3 unspecified atom stereocenters. The van der Waals surface area contributed by atoms with Gasteiger partial charge in [-0.25, -0.2) is 0 Å². The summed E-state index contributed by atoms with van der Waals surface area (Å²) in [6, 6.07) is 0. The largest absolute Gasteiger partial charge is 0.393 e. The number of hydrogen-bond acceptors (Lipinski definition) is 2. The van der Waals surface area contributed by atoms with Crippen molar-refractivity contribution in [2.75, 3.05) is 0 Å². The summed E-state index contributed by atoms with van der Waals surface area (Å²) in [6.07, 6.45) is 13.8. The van der Waals surface area contributed by atoms with Crippen molar-refractivity contribution >= 4 is 0 Å². The Morgan fingerprint density at radius 3 is 2.40 bits per heavy atom. The molecule has 3 saturated carbocycles. The molecule has 170 valence electrons. The molecule has 0 spiro atoms. The highest BCUT2D eigenvalue weighted by Gasteiger charge is 2.57. The maximum atomic E-state index is 10.8. The molecule has 0 aliphatic heterocycles. The van der Waals surface area contributed by atoms with Crippen molar-refractivity contribution < 1.29 is 10.2 Å². The Morgan fingerprint density at radius 1 is 0.967 bits per heavy atom. The third-order valence-corrected chi connectivity index (χ3v) is 10.6. The molecular formula is C28H46O2. The second-order valence-corrected chi connectivity index (χ2v) is 12.4. The topological polar surface area (TPSA) is 40.5 Å². The molecule has 0 radical (unpaired) electrons. The fourth-order valence-corrected chi connectivity index (χ4v) is 8.16. The Balaban J connectivity index is 1.54. The van der Waals surface area contributed by atoms with Crippen LogP contribution < -0.4 is 0 Å². The van der Waals surface area contributed by atoms with Gasteiger partial charge in [0.25, 0.3) is 0 Å². The molecule has 0 bridgehead atoms. The zero-order valence-corrected chi connectivity index (χ0v) is 20.3. The van der Waals surface area contributed by atoms with E-state index in [0.717, 1.165) is 31.6 Å². The van der Waals surface area contributed by atoms with E-state index in [1.54, 1.807) is 5.57 Å². The molecule has 4 aliphatic carbocycles. The SMILES string of the molecule is CC(C)C(C)C(O)CC(C)[C@H]1CC[C@H]2C3=CC=C4C[C@@H](O)CC[C@]4(C)[C@H]3CC[C@]12C. The van der Waals surface area contributed by atoms with Crippen LogP contribution in [0.3, 0.4) is 0 Å². The molecule has 0 aromatic heterocycles. The highest BCUT2D eigenvalue weighted by molar-refractivity contribution is 5.38. The molecule has 0 saturated heterocycles. The van der Waals surface area contributed by atoms with E-state index in [4.69, 9.17) is 0 Å². The fourth-order valence-electron chi connectivity index (χ4n) is 8.16. The summed E-state index contributed by atoms with van der Waals surface area (Å²) in [6.45, 7) is 14.2. The minimum atomic E-state index is -0.175. The first-order valence-corrected chi connectivity index (χ1v) is 12.8. The highest BCUT2D eigenvalue weighted by Crippen LogP contribution is 2.66. The van der Waals surface area contributed by atoms with E-state index >= 15 is 0 Å². The Hall–Kier alpha value is -0.600. The third-order valence-electron chi connectivity index (χ3n) is 10.6. The van der Waals surface area contributed by atoms with Crippen LogP contribution in [0.15, 0.2) is 23.3 Å². The van der Waals surface area contributed by atoms with Gasteiger partial charge in [0.05, 0.1) is 12.2 Å². The molecule has 0 aromatic rings. The number of hydrogen-bond donors (Lipinski definition) is 2. The fraction of sp³-hybridized carbons (Fsp3) is 0.857. The molecule has 4 aliphatic rings. The van der Waals surface area contributed by atoms with Crippen molar-refractivity contribution in [3.8, 4) is 0 Å². The summed E-state index contributed by atoms with van der Waals surface area (Å²) in [5, 5.41) is 21.0. The minimum Gasteiger partial charge on any atom is -0.393 e. The smallest absolute Gasteiger partial charge is 0.0578 e. The average molecular weight is 415 g/mol. The second-order valence-electron chi connectivity index (χ2n) is 12.4. The lowest BCUT2D eigenvalue weighted by atomic mass is 9.50. The van der Waals surface area contributed by atoms with Crippen molar-refractivity contribution in [3.63, 3.8) is 0 Å². The van der Waals surface area contributed by atoms with Crippen LogP contribution in [0, 0.1) is 46.3 Å². The minimum absolute atomic E-state index is 0.135. The first kappa shape index (κ1) is 22.6. The van der Waals surface area contributed by atoms with Crippen LogP contribution in [-0.2, 0) is 0 Å². The average Bonchev–Trinajstić information content (AvgIpc) is 3.05. The normalized spacial score (nSPS) is 43.8. The molecular weight excluding hydrogens is 368 g/mol. The molecule has 3 fully saturated rings. The van der Waals surface area contributed by atoms with Crippen molar-refractivity contribution in [2.45, 2.75) is 105 Å². The second kappa shape index (κ2) is 8.07. The van der Waals surface area contributed by atoms with Gasteiger partial charge in [0.2, 0.25) is 0 Å². The molecule has 2 heteroatoms. The van der Waals surface area contributed by atoms with E-state index in [-0.39, 0.29) is 17.6 Å². The molecule has 0 amide bonds.